The second-order valence-electron chi connectivity index (χ2n) is 2.16. The molecule has 1 amide bonds. The fraction of sp³-hybridized carbons (Fsp3) is 0.833. The van der Waals surface area contributed by atoms with Gasteiger partial charge >= 0.3 is 0 Å². The molecule has 0 radical (unpaired) electrons. The largest absolute Gasteiger partial charge is 0.354 e. The van der Waals surface area contributed by atoms with Crippen LogP contribution in [-0.2, 0) is 4.79 Å². The Morgan fingerprint density at radius 3 is 3.38 bits per heavy atom. The van der Waals surface area contributed by atoms with E-state index in [1.807, 2.05) is 0 Å². The molecule has 0 aromatic rings. The van der Waals surface area contributed by atoms with E-state index in [2.05, 4.69) is 5.32 Å². The molecule has 1 saturated heterocycles. The van der Waals surface area contributed by atoms with Crippen molar-refractivity contribution in [2.45, 2.75) is 32.2 Å². The quantitative estimate of drug-likeness (QED) is 0.493. The van der Waals surface area contributed by atoms with Gasteiger partial charge in [-0.15, -0.1) is 0 Å². The highest BCUT2D eigenvalue weighted by Gasteiger charge is 2.12. The summed E-state index contributed by atoms with van der Waals surface area (Å²) >= 11 is 0. The Morgan fingerprint density at radius 2 is 2.88 bits per heavy atom. The number of piperidine rings is 1. The molecule has 0 saturated carbocycles. The molecule has 0 aliphatic carbocycles. The van der Waals surface area contributed by atoms with Crippen LogP contribution in [0.2, 0.25) is 0 Å². The van der Waals surface area contributed by atoms with Crippen molar-refractivity contribution in [2.24, 2.45) is 0 Å². The van der Waals surface area contributed by atoms with Gasteiger partial charge in [-0.25, -0.2) is 0 Å². The van der Waals surface area contributed by atoms with E-state index in [0.29, 0.717) is 13.3 Å². The highest BCUT2D eigenvalue weighted by atomic mass is 16.1. The van der Waals surface area contributed by atoms with E-state index in [-0.39, 0.29) is 11.9 Å². The zero-order chi connectivity index (χ0) is 6.69. The Kier molecular flexibility index (Phi) is 1.18. The van der Waals surface area contributed by atoms with Gasteiger partial charge in [0.05, 0.1) is 0 Å². The molecule has 0 aromatic heterocycles. The van der Waals surface area contributed by atoms with Crippen molar-refractivity contribution in [3.05, 3.63) is 0 Å². The van der Waals surface area contributed by atoms with Crippen LogP contribution in [0.15, 0.2) is 0 Å². The Hall–Kier alpha value is -0.530. The molecule has 46 valence electrons. The Bertz CT molecular complexity index is 116. The summed E-state index contributed by atoms with van der Waals surface area (Å²) in [6.45, 7) is 0.325. The maximum Gasteiger partial charge on any atom is 0.220 e. The lowest BCUT2D eigenvalue weighted by molar-refractivity contribution is -0.123. The van der Waals surface area contributed by atoms with Gasteiger partial charge in [0.25, 0.3) is 0 Å². The zero-order valence-electron chi connectivity index (χ0n) is 5.81. The lowest BCUT2D eigenvalue weighted by atomic mass is 10.1. The first-order valence-corrected chi connectivity index (χ1v) is 2.91. The summed E-state index contributed by atoms with van der Waals surface area (Å²) < 4.78 is 6.97. The van der Waals surface area contributed by atoms with Gasteiger partial charge < -0.3 is 5.32 Å². The molecule has 1 rings (SSSR count). The Morgan fingerprint density at radius 1 is 2.00 bits per heavy atom. The van der Waals surface area contributed by atoms with Crippen LogP contribution in [0.25, 0.3) is 0 Å². The maximum atomic E-state index is 10.6. The number of carbonyl (C=O) groups excluding carboxylic acids is 1. The van der Waals surface area contributed by atoms with Gasteiger partial charge in [0.2, 0.25) is 5.91 Å². The number of amides is 1. The van der Waals surface area contributed by atoms with Gasteiger partial charge in [-0.2, -0.15) is 0 Å². The molecule has 0 bridgehead atoms. The van der Waals surface area contributed by atoms with Crippen molar-refractivity contribution in [1.82, 2.24) is 5.32 Å². The van der Waals surface area contributed by atoms with Crippen LogP contribution in [0.1, 0.15) is 27.5 Å². The summed E-state index contributed by atoms with van der Waals surface area (Å²) in [4.78, 5) is 10.6. The van der Waals surface area contributed by atoms with Crippen molar-refractivity contribution < 1.29 is 6.17 Å². The summed E-state index contributed by atoms with van der Waals surface area (Å²) in [5, 5.41) is 2.74. The predicted molar refractivity (Wildman–Crippen MR) is 31.5 cm³/mol. The molecule has 1 aliphatic heterocycles. The third kappa shape index (κ3) is 1.22. The molecule has 1 fully saturated rings. The van der Waals surface area contributed by atoms with Gasteiger partial charge in [0.15, 0.2) is 0 Å². The standard InChI is InChI=1S/C6H11NO/c1-5-3-2-4-6(8)7-5/h5H,2-4H2,1H3,(H,7,8)/i1D. The lowest BCUT2D eigenvalue weighted by Gasteiger charge is -2.18. The Labute approximate surface area is 50.7 Å². The van der Waals surface area contributed by atoms with Gasteiger partial charge in [-0.1, -0.05) is 0 Å². The number of hydrogen-bond acceptors (Lipinski definition) is 1. The molecule has 2 nitrogen and oxygen atoms in total. The summed E-state index contributed by atoms with van der Waals surface area (Å²) in [5.74, 6) is 0.110. The molecule has 2 heteroatoms. The van der Waals surface area contributed by atoms with E-state index in [0.717, 1.165) is 12.8 Å². The van der Waals surface area contributed by atoms with Crippen LogP contribution in [0.5, 0.6) is 0 Å². The first-order valence-electron chi connectivity index (χ1n) is 3.62. The fourth-order valence-electron chi connectivity index (χ4n) is 0.881. The minimum Gasteiger partial charge on any atom is -0.354 e. The smallest absolute Gasteiger partial charge is 0.220 e. The van der Waals surface area contributed by atoms with Crippen molar-refractivity contribution in [3.63, 3.8) is 0 Å². The van der Waals surface area contributed by atoms with Crippen LogP contribution >= 0.6 is 0 Å². The minimum absolute atomic E-state index is 0.110. The Balaban J connectivity index is 2.32. The van der Waals surface area contributed by atoms with Gasteiger partial charge in [-0.3, -0.25) is 4.79 Å². The average Bonchev–Trinajstić information content (AvgIpc) is 1.88. The molecule has 0 aromatic carbocycles. The minimum atomic E-state index is 0.110. The molecular weight excluding hydrogens is 102 g/mol. The van der Waals surface area contributed by atoms with Crippen molar-refractivity contribution in [3.8, 4) is 0 Å². The first kappa shape index (κ1) is 4.36. The van der Waals surface area contributed by atoms with Gasteiger partial charge in [-0.05, 0) is 19.7 Å². The monoisotopic (exact) mass is 114 g/mol. The topological polar surface area (TPSA) is 29.1 Å². The number of rotatable bonds is 0. The molecule has 1 atom stereocenters. The van der Waals surface area contributed by atoms with Crippen LogP contribution in [0.4, 0.5) is 0 Å². The summed E-state index contributed by atoms with van der Waals surface area (Å²) in [6, 6.07) is 0.131. The van der Waals surface area contributed by atoms with Crippen molar-refractivity contribution in [1.29, 1.82) is 0 Å². The maximum absolute atomic E-state index is 10.6. The van der Waals surface area contributed by atoms with Crippen LogP contribution < -0.4 is 5.32 Å². The molecule has 1 unspecified atom stereocenters. The molecule has 1 aliphatic rings. The van der Waals surface area contributed by atoms with E-state index in [1.54, 1.807) is 0 Å². The fourth-order valence-corrected chi connectivity index (χ4v) is 0.881. The van der Waals surface area contributed by atoms with Crippen LogP contribution in [-0.4, -0.2) is 11.9 Å². The molecule has 1 N–H and O–H groups in total. The first-order chi connectivity index (χ1) is 4.33. The number of nitrogens with one attached hydrogen (secondary N) is 1. The van der Waals surface area contributed by atoms with Crippen LogP contribution in [0.3, 0.4) is 0 Å². The van der Waals surface area contributed by atoms with E-state index in [9.17, 15) is 4.79 Å². The van der Waals surface area contributed by atoms with E-state index >= 15 is 0 Å². The highest BCUT2D eigenvalue weighted by molar-refractivity contribution is 5.76. The van der Waals surface area contributed by atoms with Crippen molar-refractivity contribution in [2.75, 3.05) is 0 Å². The number of carbonyl (C=O) groups is 1. The van der Waals surface area contributed by atoms with Crippen molar-refractivity contribution >= 4 is 5.91 Å². The van der Waals surface area contributed by atoms with Crippen LogP contribution in [0, 0.1) is 0 Å². The SMILES string of the molecule is [2H]CC1CCCC(=O)N1. The molecular formula is C6H11NO. The third-order valence-corrected chi connectivity index (χ3v) is 1.32. The van der Waals surface area contributed by atoms with E-state index < -0.39 is 0 Å². The zero-order valence-corrected chi connectivity index (χ0v) is 4.81. The lowest BCUT2D eigenvalue weighted by Crippen LogP contribution is -2.36. The van der Waals surface area contributed by atoms with E-state index in [4.69, 9.17) is 1.37 Å². The second-order valence-corrected chi connectivity index (χ2v) is 2.16. The molecule has 1 heterocycles. The van der Waals surface area contributed by atoms with Gasteiger partial charge in [0, 0.05) is 13.8 Å². The third-order valence-electron chi connectivity index (χ3n) is 1.32. The second kappa shape index (κ2) is 2.16. The molecule has 8 heavy (non-hydrogen) atoms. The summed E-state index contributed by atoms with van der Waals surface area (Å²) in [5.41, 5.74) is 0. The summed E-state index contributed by atoms with van der Waals surface area (Å²) in [6.07, 6.45) is 2.58. The van der Waals surface area contributed by atoms with Gasteiger partial charge in [0.1, 0.15) is 0 Å². The predicted octanol–water partition coefficient (Wildman–Crippen LogP) is 0.675. The molecule has 0 spiro atoms. The highest BCUT2D eigenvalue weighted by Crippen LogP contribution is 2.05. The normalized spacial score (nSPS) is 31.2. The number of hydrogen-bond donors (Lipinski definition) is 1. The summed E-state index contributed by atoms with van der Waals surface area (Å²) in [7, 11) is 0. The average molecular weight is 114 g/mol. The van der Waals surface area contributed by atoms with E-state index in [1.165, 1.54) is 0 Å².